The fourth-order valence-corrected chi connectivity index (χ4v) is 5.44. The number of nitrogens with zero attached hydrogens (tertiary/aromatic N) is 1. The van der Waals surface area contributed by atoms with E-state index in [1.54, 1.807) is 0 Å². The molecule has 1 heterocycles. The number of carboxylic acid groups (broad SMARTS) is 1. The van der Waals surface area contributed by atoms with Gasteiger partial charge in [-0.25, -0.2) is 22.0 Å². The molecule has 0 fully saturated rings. The number of anilines is 2. The fourth-order valence-electron chi connectivity index (χ4n) is 3.58. The number of fused-ring (bicyclic) bond motifs is 1. The average molecular weight is 539 g/mol. The minimum atomic E-state index is -4.34. The molecule has 1 amide bonds. The summed E-state index contributed by atoms with van der Waals surface area (Å²) in [5.41, 5.74) is -1.22. The van der Waals surface area contributed by atoms with Gasteiger partial charge in [-0.05, 0) is 48.5 Å². The van der Waals surface area contributed by atoms with Crippen LogP contribution in [0.5, 0.6) is 11.5 Å². The van der Waals surface area contributed by atoms with Crippen molar-refractivity contribution in [2.75, 3.05) is 29.9 Å². The summed E-state index contributed by atoms with van der Waals surface area (Å²) in [6, 6.07) is 8.87. The highest BCUT2D eigenvalue weighted by molar-refractivity contribution is 7.93. The van der Waals surface area contributed by atoms with E-state index in [0.717, 1.165) is 34.6 Å². The van der Waals surface area contributed by atoms with E-state index < -0.39 is 39.1 Å². The Labute approximate surface area is 208 Å². The quantitative estimate of drug-likeness (QED) is 0.483. The molecule has 0 atom stereocenters. The molecule has 13 heteroatoms. The lowest BCUT2D eigenvalue weighted by Gasteiger charge is -2.31. The van der Waals surface area contributed by atoms with Crippen LogP contribution in [0.3, 0.4) is 0 Å². The molecule has 0 aliphatic carbocycles. The molecule has 0 bridgehead atoms. The maximum Gasteiger partial charge on any atom is 0.338 e. The normalized spacial score (nSPS) is 12.9. The number of hydrogen-bond acceptors (Lipinski definition) is 6. The summed E-state index contributed by atoms with van der Waals surface area (Å²) in [4.78, 5) is 23.5. The first-order valence-corrected chi connectivity index (χ1v) is 12.0. The van der Waals surface area contributed by atoms with Crippen LogP contribution in [0.2, 0.25) is 5.02 Å². The molecule has 36 heavy (non-hydrogen) atoms. The van der Waals surface area contributed by atoms with Crippen LogP contribution in [0, 0.1) is 11.6 Å². The molecule has 0 unspecified atom stereocenters. The number of halogens is 3. The minimum absolute atomic E-state index is 0.00801. The third kappa shape index (κ3) is 4.64. The summed E-state index contributed by atoms with van der Waals surface area (Å²) in [5, 5.41) is 11.4. The number of carbonyl (C=O) groups is 2. The third-order valence-corrected chi connectivity index (χ3v) is 7.32. The summed E-state index contributed by atoms with van der Waals surface area (Å²) in [6.07, 6.45) is 0. The Hall–Kier alpha value is -3.90. The van der Waals surface area contributed by atoms with Crippen molar-refractivity contribution in [2.24, 2.45) is 0 Å². The number of amides is 1. The maximum absolute atomic E-state index is 14.9. The topological polar surface area (TPSA) is 122 Å². The zero-order valence-corrected chi connectivity index (χ0v) is 20.0. The van der Waals surface area contributed by atoms with Crippen LogP contribution in [-0.4, -0.2) is 45.7 Å². The monoisotopic (exact) mass is 538 g/mol. The van der Waals surface area contributed by atoms with E-state index in [1.165, 1.54) is 25.3 Å². The van der Waals surface area contributed by atoms with E-state index in [-0.39, 0.29) is 51.5 Å². The number of carboxylic acids is 1. The highest BCUT2D eigenvalue weighted by atomic mass is 35.5. The molecule has 0 saturated carbocycles. The first kappa shape index (κ1) is 25.2. The lowest BCUT2D eigenvalue weighted by atomic mass is 10.1. The summed E-state index contributed by atoms with van der Waals surface area (Å²) in [5.74, 6) is -4.84. The molecule has 0 spiro atoms. The Balaban J connectivity index is 1.73. The van der Waals surface area contributed by atoms with Gasteiger partial charge in [0.15, 0.2) is 11.6 Å². The van der Waals surface area contributed by atoms with Crippen molar-refractivity contribution in [1.29, 1.82) is 0 Å². The van der Waals surface area contributed by atoms with E-state index in [4.69, 9.17) is 26.2 Å². The van der Waals surface area contributed by atoms with Crippen LogP contribution in [-0.2, 0) is 10.0 Å². The van der Waals surface area contributed by atoms with Gasteiger partial charge in [0.25, 0.3) is 15.9 Å². The third-order valence-electron chi connectivity index (χ3n) is 5.25. The molecule has 188 valence electrons. The largest absolute Gasteiger partial charge is 0.495 e. The molecule has 4 rings (SSSR count). The molecule has 3 aromatic rings. The molecule has 0 radical (unpaired) electrons. The number of nitrogens with one attached hydrogen (secondary N) is 1. The van der Waals surface area contributed by atoms with Crippen LogP contribution in [0.15, 0.2) is 53.4 Å². The number of methoxy groups -OCH3 is 1. The predicted octanol–water partition coefficient (Wildman–Crippen LogP) is 4.17. The number of rotatable bonds is 6. The fraction of sp³-hybridized carbons (Fsp3) is 0.130. The Morgan fingerprint density at radius 1 is 1.11 bits per heavy atom. The lowest BCUT2D eigenvalue weighted by molar-refractivity contribution is 0.0691. The second kappa shape index (κ2) is 9.63. The zero-order chi connectivity index (χ0) is 26.2. The van der Waals surface area contributed by atoms with Gasteiger partial charge in [-0.3, -0.25) is 9.10 Å². The first-order valence-electron chi connectivity index (χ1n) is 10.2. The molecule has 1 aliphatic heterocycles. The van der Waals surface area contributed by atoms with Gasteiger partial charge in [-0.15, -0.1) is 0 Å². The van der Waals surface area contributed by atoms with E-state index >= 15 is 0 Å². The van der Waals surface area contributed by atoms with Crippen molar-refractivity contribution in [3.8, 4) is 11.5 Å². The van der Waals surface area contributed by atoms with Crippen molar-refractivity contribution >= 4 is 44.9 Å². The van der Waals surface area contributed by atoms with E-state index in [0.29, 0.717) is 0 Å². The van der Waals surface area contributed by atoms with Gasteiger partial charge < -0.3 is 19.9 Å². The van der Waals surface area contributed by atoms with Gasteiger partial charge in [0, 0.05) is 16.3 Å². The van der Waals surface area contributed by atoms with E-state index in [2.05, 4.69) is 5.32 Å². The Morgan fingerprint density at radius 2 is 1.86 bits per heavy atom. The Morgan fingerprint density at radius 3 is 2.53 bits per heavy atom. The molecule has 3 aromatic carbocycles. The van der Waals surface area contributed by atoms with Crippen molar-refractivity contribution in [3.05, 3.63) is 76.3 Å². The molecule has 0 saturated heterocycles. The molecular weight excluding hydrogens is 522 g/mol. The van der Waals surface area contributed by atoms with Gasteiger partial charge in [0.1, 0.15) is 23.1 Å². The number of aromatic carboxylic acids is 1. The molecule has 9 nitrogen and oxygen atoms in total. The van der Waals surface area contributed by atoms with Gasteiger partial charge in [-0.2, -0.15) is 0 Å². The van der Waals surface area contributed by atoms with Gasteiger partial charge in [0.2, 0.25) is 0 Å². The number of carbonyl (C=O) groups excluding carboxylic acids is 1. The van der Waals surface area contributed by atoms with Crippen molar-refractivity contribution in [3.63, 3.8) is 0 Å². The van der Waals surface area contributed by atoms with Crippen LogP contribution in [0.1, 0.15) is 20.7 Å². The second-order valence-corrected chi connectivity index (χ2v) is 9.75. The summed E-state index contributed by atoms with van der Waals surface area (Å²) >= 11 is 5.99. The first-order chi connectivity index (χ1) is 17.0. The predicted molar refractivity (Wildman–Crippen MR) is 126 cm³/mol. The summed E-state index contributed by atoms with van der Waals surface area (Å²) in [7, 11) is -3.06. The van der Waals surface area contributed by atoms with Crippen molar-refractivity contribution in [1.82, 2.24) is 0 Å². The van der Waals surface area contributed by atoms with Gasteiger partial charge in [0.05, 0.1) is 24.9 Å². The van der Waals surface area contributed by atoms with Gasteiger partial charge >= 0.3 is 5.97 Å². The number of sulfonamides is 1. The molecule has 0 aromatic heterocycles. The summed E-state index contributed by atoms with van der Waals surface area (Å²) < 4.78 is 67.3. The Kier molecular flexibility index (Phi) is 6.74. The molecular formula is C23H17ClF2N2O7S. The number of hydrogen-bond donors (Lipinski definition) is 2. The minimum Gasteiger partial charge on any atom is -0.495 e. The molecule has 1 aliphatic rings. The van der Waals surface area contributed by atoms with E-state index in [1.807, 2.05) is 0 Å². The number of ether oxygens (including phenoxy) is 2. The standard InChI is InChI=1S/C23H17ClF2N2O7S/c1-34-19-5-2-13(24)10-20(19)36(32,33)28-6-7-35-21-17(26)8-12(9-18(21)28)22(29)27-14-3-4-15(23(30)31)16(25)11-14/h2-5,8-11H,6-7H2,1H3,(H,27,29)(H,30,31). The van der Waals surface area contributed by atoms with Crippen LogP contribution in [0.25, 0.3) is 0 Å². The highest BCUT2D eigenvalue weighted by Gasteiger charge is 2.35. The average Bonchev–Trinajstić information content (AvgIpc) is 2.83. The SMILES string of the molecule is COc1ccc(Cl)cc1S(=O)(=O)N1CCOc2c(F)cc(C(=O)Nc3ccc(C(=O)O)c(F)c3)cc21. The van der Waals surface area contributed by atoms with Crippen LogP contribution in [0.4, 0.5) is 20.2 Å². The lowest BCUT2D eigenvalue weighted by Crippen LogP contribution is -2.38. The highest BCUT2D eigenvalue weighted by Crippen LogP contribution is 2.40. The van der Waals surface area contributed by atoms with Crippen molar-refractivity contribution < 1.29 is 41.4 Å². The maximum atomic E-state index is 14.9. The smallest absolute Gasteiger partial charge is 0.338 e. The van der Waals surface area contributed by atoms with Crippen molar-refractivity contribution in [2.45, 2.75) is 4.90 Å². The van der Waals surface area contributed by atoms with Crippen LogP contribution >= 0.6 is 11.6 Å². The van der Waals surface area contributed by atoms with Crippen LogP contribution < -0.4 is 19.1 Å². The van der Waals surface area contributed by atoms with Gasteiger partial charge in [-0.1, -0.05) is 11.6 Å². The molecule has 2 N–H and O–H groups in total. The number of benzene rings is 3. The van der Waals surface area contributed by atoms with E-state index in [9.17, 15) is 26.8 Å². The summed E-state index contributed by atoms with van der Waals surface area (Å²) in [6.45, 7) is -0.357. The second-order valence-electron chi connectivity index (χ2n) is 7.48. The Bertz CT molecular complexity index is 1500. The zero-order valence-electron chi connectivity index (χ0n) is 18.4.